The minimum Gasteiger partial charge on any atom is -0.325 e. The van der Waals surface area contributed by atoms with Crippen molar-refractivity contribution in [2.24, 2.45) is 0 Å². The number of hydrogen-bond acceptors (Lipinski definition) is 2. The van der Waals surface area contributed by atoms with Crippen molar-refractivity contribution in [3.63, 3.8) is 0 Å². The van der Waals surface area contributed by atoms with Gasteiger partial charge in [-0.1, -0.05) is 17.6 Å². The van der Waals surface area contributed by atoms with Crippen LogP contribution in [0.4, 0.5) is 5.69 Å². The van der Waals surface area contributed by atoms with Crippen LogP contribution in [0.25, 0.3) is 0 Å². The second-order valence-electron chi connectivity index (χ2n) is 5.12. The summed E-state index contributed by atoms with van der Waals surface area (Å²) in [7, 11) is 2.02. The standard InChI is InChI=1S/C13H14BNO2/c14-8-1-2-10-11(7-8)15-12(17)13(10)5-3-9(16)4-6-13/h1-2,7H,3-6,14H2,(H,15,17). The lowest BCUT2D eigenvalue weighted by atomic mass is 9.69. The number of fused-ring (bicyclic) bond motifs is 2. The first kappa shape index (κ1) is 10.6. The second-order valence-corrected chi connectivity index (χ2v) is 5.12. The van der Waals surface area contributed by atoms with Crippen LogP contribution in [0.1, 0.15) is 31.2 Å². The lowest BCUT2D eigenvalue weighted by Crippen LogP contribution is -2.38. The van der Waals surface area contributed by atoms with Crippen molar-refractivity contribution in [2.45, 2.75) is 31.1 Å². The Morgan fingerprint density at radius 2 is 1.88 bits per heavy atom. The first-order valence-corrected chi connectivity index (χ1v) is 6.06. The Morgan fingerprint density at radius 3 is 2.59 bits per heavy atom. The molecule has 0 aromatic heterocycles. The molecule has 1 N–H and O–H groups in total. The molecule has 3 nitrogen and oxygen atoms in total. The predicted molar refractivity (Wildman–Crippen MR) is 68.4 cm³/mol. The number of carbonyl (C=O) groups excluding carboxylic acids is 2. The number of rotatable bonds is 0. The normalized spacial score (nSPS) is 21.4. The Bertz CT molecular complexity index is 514. The summed E-state index contributed by atoms with van der Waals surface area (Å²) in [6.07, 6.45) is 2.38. The molecule has 1 aromatic carbocycles. The third kappa shape index (κ3) is 1.43. The minimum absolute atomic E-state index is 0.0746. The Hall–Kier alpha value is -1.58. The van der Waals surface area contributed by atoms with Crippen LogP contribution in [0.5, 0.6) is 0 Å². The van der Waals surface area contributed by atoms with E-state index in [0.29, 0.717) is 25.7 Å². The monoisotopic (exact) mass is 227 g/mol. The number of benzene rings is 1. The topological polar surface area (TPSA) is 46.2 Å². The molecular weight excluding hydrogens is 213 g/mol. The van der Waals surface area contributed by atoms with E-state index in [9.17, 15) is 9.59 Å². The Labute approximate surface area is 101 Å². The maximum absolute atomic E-state index is 12.2. The summed E-state index contributed by atoms with van der Waals surface area (Å²) in [5, 5.41) is 2.96. The summed E-state index contributed by atoms with van der Waals surface area (Å²) in [6, 6.07) is 6.09. The van der Waals surface area contributed by atoms with E-state index in [4.69, 9.17) is 0 Å². The number of ketones is 1. The summed E-state index contributed by atoms with van der Waals surface area (Å²) in [5.41, 5.74) is 2.73. The molecule has 1 heterocycles. The molecule has 86 valence electrons. The van der Waals surface area contributed by atoms with Crippen LogP contribution in [0.3, 0.4) is 0 Å². The molecule has 1 saturated carbocycles. The first-order chi connectivity index (χ1) is 8.12. The molecule has 4 heteroatoms. The highest BCUT2D eigenvalue weighted by atomic mass is 16.2. The average molecular weight is 227 g/mol. The Balaban J connectivity index is 2.07. The quantitative estimate of drug-likeness (QED) is 0.647. The van der Waals surface area contributed by atoms with E-state index in [0.717, 1.165) is 16.7 Å². The fourth-order valence-electron chi connectivity index (χ4n) is 3.00. The second kappa shape index (κ2) is 3.46. The smallest absolute Gasteiger partial charge is 0.235 e. The highest BCUT2D eigenvalue weighted by molar-refractivity contribution is 6.33. The molecular formula is C13H14BNO2. The molecule has 1 amide bonds. The SMILES string of the molecule is Bc1ccc2c(c1)NC(=O)C21CCC(=O)CC1. The Morgan fingerprint density at radius 1 is 1.18 bits per heavy atom. The van der Waals surface area contributed by atoms with Gasteiger partial charge in [-0.15, -0.1) is 0 Å². The zero-order valence-electron chi connectivity index (χ0n) is 9.88. The van der Waals surface area contributed by atoms with Gasteiger partial charge in [0.25, 0.3) is 0 Å². The van der Waals surface area contributed by atoms with E-state index < -0.39 is 5.41 Å². The summed E-state index contributed by atoms with van der Waals surface area (Å²) in [6.45, 7) is 0. The minimum atomic E-state index is -0.434. The van der Waals surface area contributed by atoms with E-state index in [1.54, 1.807) is 0 Å². The fraction of sp³-hybridized carbons (Fsp3) is 0.385. The Kier molecular flexibility index (Phi) is 2.15. The molecule has 17 heavy (non-hydrogen) atoms. The van der Waals surface area contributed by atoms with Crippen molar-refractivity contribution < 1.29 is 9.59 Å². The first-order valence-electron chi connectivity index (χ1n) is 6.06. The molecule has 1 aromatic rings. The third-order valence-electron chi connectivity index (χ3n) is 4.03. The van der Waals surface area contributed by atoms with Crippen LogP contribution in [0.15, 0.2) is 18.2 Å². The van der Waals surface area contributed by atoms with Crippen LogP contribution >= 0.6 is 0 Å². The van der Waals surface area contributed by atoms with Gasteiger partial charge in [-0.25, -0.2) is 0 Å². The molecule has 1 aliphatic heterocycles. The molecule has 2 aliphatic rings. The number of anilines is 1. The molecule has 0 atom stereocenters. The average Bonchev–Trinajstić information content (AvgIpc) is 2.55. The van der Waals surface area contributed by atoms with Gasteiger partial charge in [-0.05, 0) is 24.5 Å². The van der Waals surface area contributed by atoms with Crippen LogP contribution in [0, 0.1) is 0 Å². The van der Waals surface area contributed by atoms with E-state index in [1.165, 1.54) is 0 Å². The fourth-order valence-corrected chi connectivity index (χ4v) is 3.00. The number of nitrogens with one attached hydrogen (secondary N) is 1. The van der Waals surface area contributed by atoms with Gasteiger partial charge in [0.05, 0.1) is 5.41 Å². The summed E-state index contributed by atoms with van der Waals surface area (Å²) >= 11 is 0. The molecule has 0 saturated heterocycles. The zero-order valence-corrected chi connectivity index (χ0v) is 9.88. The highest BCUT2D eigenvalue weighted by Crippen LogP contribution is 2.46. The van der Waals surface area contributed by atoms with Gasteiger partial charge in [0.2, 0.25) is 5.91 Å². The molecule has 0 unspecified atom stereocenters. The lowest BCUT2D eigenvalue weighted by Gasteiger charge is -2.30. The van der Waals surface area contributed by atoms with Crippen molar-refractivity contribution in [2.75, 3.05) is 5.32 Å². The number of Topliss-reactive ketones (excluding diaryl/α,β-unsaturated/α-hetero) is 1. The van der Waals surface area contributed by atoms with Crippen LogP contribution < -0.4 is 10.8 Å². The van der Waals surface area contributed by atoms with Gasteiger partial charge < -0.3 is 5.32 Å². The number of carbonyl (C=O) groups is 2. The van der Waals surface area contributed by atoms with Crippen molar-refractivity contribution in [1.29, 1.82) is 0 Å². The van der Waals surface area contributed by atoms with Crippen LogP contribution in [-0.2, 0) is 15.0 Å². The molecule has 3 rings (SSSR count). The highest BCUT2D eigenvalue weighted by Gasteiger charge is 2.48. The van der Waals surface area contributed by atoms with Gasteiger partial charge in [-0.3, -0.25) is 9.59 Å². The van der Waals surface area contributed by atoms with Crippen molar-refractivity contribution in [3.8, 4) is 0 Å². The maximum Gasteiger partial charge on any atom is 0.235 e. The van der Waals surface area contributed by atoms with Gasteiger partial charge in [0.15, 0.2) is 0 Å². The van der Waals surface area contributed by atoms with Gasteiger partial charge in [0, 0.05) is 18.5 Å². The van der Waals surface area contributed by atoms with Crippen LogP contribution in [0.2, 0.25) is 0 Å². The summed E-state index contributed by atoms with van der Waals surface area (Å²) in [5.74, 6) is 0.356. The van der Waals surface area contributed by atoms with E-state index in [2.05, 4.69) is 5.32 Å². The number of amides is 1. The summed E-state index contributed by atoms with van der Waals surface area (Å²) in [4.78, 5) is 23.5. The van der Waals surface area contributed by atoms with Crippen molar-refractivity contribution in [3.05, 3.63) is 23.8 Å². The third-order valence-corrected chi connectivity index (χ3v) is 4.03. The maximum atomic E-state index is 12.2. The summed E-state index contributed by atoms with van der Waals surface area (Å²) < 4.78 is 0. The molecule has 0 bridgehead atoms. The van der Waals surface area contributed by atoms with E-state index in [-0.39, 0.29) is 11.7 Å². The molecule has 0 radical (unpaired) electrons. The van der Waals surface area contributed by atoms with Gasteiger partial charge in [0.1, 0.15) is 13.6 Å². The molecule has 1 aliphatic carbocycles. The van der Waals surface area contributed by atoms with Gasteiger partial charge >= 0.3 is 0 Å². The van der Waals surface area contributed by atoms with Crippen LogP contribution in [-0.4, -0.2) is 19.5 Å². The van der Waals surface area contributed by atoms with E-state index in [1.807, 2.05) is 26.0 Å². The number of hydrogen-bond donors (Lipinski definition) is 1. The van der Waals surface area contributed by atoms with Gasteiger partial charge in [-0.2, -0.15) is 0 Å². The zero-order chi connectivity index (χ0) is 12.0. The van der Waals surface area contributed by atoms with E-state index >= 15 is 0 Å². The molecule has 1 spiro atoms. The molecule has 1 fully saturated rings. The lowest BCUT2D eigenvalue weighted by molar-refractivity contribution is -0.126. The predicted octanol–water partition coefficient (Wildman–Crippen LogP) is 0.278. The van der Waals surface area contributed by atoms with Crippen molar-refractivity contribution >= 4 is 30.7 Å². The largest absolute Gasteiger partial charge is 0.325 e. The van der Waals surface area contributed by atoms with Crippen molar-refractivity contribution in [1.82, 2.24) is 0 Å².